The number of carbonyl (C=O) groups excluding carboxylic acids is 1. The van der Waals surface area contributed by atoms with Gasteiger partial charge in [-0.15, -0.1) is 0 Å². The van der Waals surface area contributed by atoms with E-state index in [-0.39, 0.29) is 11.8 Å². The maximum atomic E-state index is 12.5. The van der Waals surface area contributed by atoms with Crippen molar-refractivity contribution in [2.24, 2.45) is 5.92 Å². The molecule has 1 aromatic carbocycles. The van der Waals surface area contributed by atoms with Gasteiger partial charge in [0, 0.05) is 25.6 Å². The normalized spacial score (nSPS) is 19.5. The van der Waals surface area contributed by atoms with Crippen molar-refractivity contribution in [3.8, 4) is 0 Å². The Balaban J connectivity index is 1.56. The standard InChI is InChI=1S/C16H22N2O4S/c19-16(14-3-4-14)17-8-7-13-1-5-15(6-2-13)23(20,21)18-9-11-22-12-10-18/h1-2,5-6,14H,3-4,7-12H2,(H,17,19). The van der Waals surface area contributed by atoms with Crippen molar-refractivity contribution in [1.29, 1.82) is 0 Å². The summed E-state index contributed by atoms with van der Waals surface area (Å²) < 4.78 is 31.6. The van der Waals surface area contributed by atoms with Crippen LogP contribution < -0.4 is 5.32 Å². The molecule has 1 aromatic rings. The topological polar surface area (TPSA) is 75.7 Å². The lowest BCUT2D eigenvalue weighted by Gasteiger charge is -2.26. The van der Waals surface area contributed by atoms with Crippen LogP contribution in [-0.2, 0) is 26.0 Å². The number of benzene rings is 1. The number of hydrogen-bond acceptors (Lipinski definition) is 4. The number of amides is 1. The van der Waals surface area contributed by atoms with Gasteiger partial charge >= 0.3 is 0 Å². The highest BCUT2D eigenvalue weighted by atomic mass is 32.2. The molecule has 7 heteroatoms. The van der Waals surface area contributed by atoms with Gasteiger partial charge in [0.25, 0.3) is 0 Å². The molecule has 1 heterocycles. The summed E-state index contributed by atoms with van der Waals surface area (Å²) in [5.74, 6) is 0.354. The van der Waals surface area contributed by atoms with Gasteiger partial charge in [-0.25, -0.2) is 8.42 Å². The molecule has 1 saturated heterocycles. The molecule has 0 radical (unpaired) electrons. The summed E-state index contributed by atoms with van der Waals surface area (Å²) in [4.78, 5) is 11.9. The zero-order valence-corrected chi connectivity index (χ0v) is 13.8. The Kier molecular flexibility index (Phi) is 4.99. The van der Waals surface area contributed by atoms with Crippen molar-refractivity contribution >= 4 is 15.9 Å². The summed E-state index contributed by atoms with van der Waals surface area (Å²) in [6.45, 7) is 2.27. The first-order valence-electron chi connectivity index (χ1n) is 8.02. The van der Waals surface area contributed by atoms with E-state index in [0.717, 1.165) is 18.4 Å². The third kappa shape index (κ3) is 4.10. The lowest BCUT2D eigenvalue weighted by molar-refractivity contribution is -0.122. The molecule has 1 N–H and O–H groups in total. The van der Waals surface area contributed by atoms with Crippen molar-refractivity contribution in [1.82, 2.24) is 9.62 Å². The Bertz CT molecular complexity index is 647. The second-order valence-electron chi connectivity index (χ2n) is 5.98. The van der Waals surface area contributed by atoms with Crippen LogP contribution in [0.3, 0.4) is 0 Å². The number of carbonyl (C=O) groups is 1. The van der Waals surface area contributed by atoms with Crippen molar-refractivity contribution in [3.63, 3.8) is 0 Å². The molecule has 1 aliphatic carbocycles. The minimum Gasteiger partial charge on any atom is -0.379 e. The third-order valence-corrected chi connectivity index (χ3v) is 6.11. The lowest BCUT2D eigenvalue weighted by Crippen LogP contribution is -2.40. The minimum absolute atomic E-state index is 0.136. The average Bonchev–Trinajstić information content (AvgIpc) is 3.41. The molecule has 2 fully saturated rings. The predicted molar refractivity (Wildman–Crippen MR) is 85.5 cm³/mol. The van der Waals surface area contributed by atoms with Crippen LogP contribution >= 0.6 is 0 Å². The summed E-state index contributed by atoms with van der Waals surface area (Å²) in [6.07, 6.45) is 2.70. The van der Waals surface area contributed by atoms with Gasteiger partial charge in [0.15, 0.2) is 0 Å². The van der Waals surface area contributed by atoms with E-state index < -0.39 is 10.0 Å². The highest BCUT2D eigenvalue weighted by Gasteiger charge is 2.29. The van der Waals surface area contributed by atoms with E-state index in [1.165, 1.54) is 4.31 Å². The molecule has 1 amide bonds. The fraction of sp³-hybridized carbons (Fsp3) is 0.562. The average molecular weight is 338 g/mol. The van der Waals surface area contributed by atoms with Gasteiger partial charge in [-0.1, -0.05) is 12.1 Å². The van der Waals surface area contributed by atoms with Gasteiger partial charge in [0.1, 0.15) is 0 Å². The molecule has 6 nitrogen and oxygen atoms in total. The highest BCUT2D eigenvalue weighted by molar-refractivity contribution is 7.89. The molecule has 126 valence electrons. The fourth-order valence-electron chi connectivity index (χ4n) is 2.58. The van der Waals surface area contributed by atoms with Crippen LogP contribution in [0.15, 0.2) is 29.2 Å². The lowest BCUT2D eigenvalue weighted by atomic mass is 10.1. The molecule has 0 unspecified atom stereocenters. The second kappa shape index (κ2) is 6.98. The third-order valence-electron chi connectivity index (χ3n) is 4.19. The Hall–Kier alpha value is -1.44. The number of nitrogens with zero attached hydrogens (tertiary/aromatic N) is 1. The molecule has 3 rings (SSSR count). The maximum Gasteiger partial charge on any atom is 0.243 e. The summed E-state index contributed by atoms with van der Waals surface area (Å²) >= 11 is 0. The van der Waals surface area contributed by atoms with Crippen LogP contribution in [0.4, 0.5) is 0 Å². The van der Waals surface area contributed by atoms with E-state index in [2.05, 4.69) is 5.32 Å². The van der Waals surface area contributed by atoms with Crippen LogP contribution in [0.1, 0.15) is 18.4 Å². The number of ether oxygens (including phenoxy) is 1. The first-order valence-corrected chi connectivity index (χ1v) is 9.46. The van der Waals surface area contributed by atoms with Crippen molar-refractivity contribution in [3.05, 3.63) is 29.8 Å². The van der Waals surface area contributed by atoms with Gasteiger partial charge in [0.2, 0.25) is 15.9 Å². The number of sulfonamides is 1. The zero-order valence-electron chi connectivity index (χ0n) is 13.0. The van der Waals surface area contributed by atoms with Gasteiger partial charge < -0.3 is 10.1 Å². The molecular formula is C16H22N2O4S. The first-order chi connectivity index (χ1) is 11.1. The Labute approximate surface area is 136 Å². The Morgan fingerprint density at radius 2 is 1.83 bits per heavy atom. The predicted octanol–water partition coefficient (Wildman–Crippen LogP) is 0.776. The highest BCUT2D eigenvalue weighted by Crippen LogP contribution is 2.28. The van der Waals surface area contributed by atoms with Gasteiger partial charge in [-0.05, 0) is 37.0 Å². The van der Waals surface area contributed by atoms with E-state index in [9.17, 15) is 13.2 Å². The molecule has 0 bridgehead atoms. The summed E-state index contributed by atoms with van der Waals surface area (Å²) in [5.41, 5.74) is 1.02. The number of hydrogen-bond donors (Lipinski definition) is 1. The monoisotopic (exact) mass is 338 g/mol. The van der Waals surface area contributed by atoms with Crippen molar-refractivity contribution in [2.75, 3.05) is 32.8 Å². The number of rotatable bonds is 6. The van der Waals surface area contributed by atoms with Crippen molar-refractivity contribution in [2.45, 2.75) is 24.2 Å². The molecule has 0 atom stereocenters. The maximum absolute atomic E-state index is 12.5. The zero-order chi connectivity index (χ0) is 16.3. The van der Waals surface area contributed by atoms with Crippen LogP contribution in [0, 0.1) is 5.92 Å². The molecule has 0 aromatic heterocycles. The van der Waals surface area contributed by atoms with Crippen LogP contribution in [-0.4, -0.2) is 51.5 Å². The summed E-state index contributed by atoms with van der Waals surface area (Å²) in [5, 5.41) is 2.91. The summed E-state index contributed by atoms with van der Waals surface area (Å²) in [6, 6.07) is 6.92. The number of nitrogens with one attached hydrogen (secondary N) is 1. The smallest absolute Gasteiger partial charge is 0.243 e. The number of morpholine rings is 1. The van der Waals surface area contributed by atoms with E-state index >= 15 is 0 Å². The largest absolute Gasteiger partial charge is 0.379 e. The van der Waals surface area contributed by atoms with Crippen LogP contribution in [0.5, 0.6) is 0 Å². The Morgan fingerprint density at radius 3 is 2.43 bits per heavy atom. The van der Waals surface area contributed by atoms with E-state index in [4.69, 9.17) is 4.74 Å². The van der Waals surface area contributed by atoms with Crippen molar-refractivity contribution < 1.29 is 17.9 Å². The second-order valence-corrected chi connectivity index (χ2v) is 7.91. The van der Waals surface area contributed by atoms with Gasteiger partial charge in [0.05, 0.1) is 18.1 Å². The van der Waals surface area contributed by atoms with E-state index in [1.807, 2.05) is 12.1 Å². The molecular weight excluding hydrogens is 316 g/mol. The SMILES string of the molecule is O=C(NCCc1ccc(S(=O)(=O)N2CCOCC2)cc1)C1CC1. The Morgan fingerprint density at radius 1 is 1.17 bits per heavy atom. The summed E-state index contributed by atoms with van der Waals surface area (Å²) in [7, 11) is -3.43. The van der Waals surface area contributed by atoms with E-state index in [1.54, 1.807) is 12.1 Å². The minimum atomic E-state index is -3.43. The molecule has 0 spiro atoms. The molecule has 1 saturated carbocycles. The van der Waals surface area contributed by atoms with Gasteiger partial charge in [-0.3, -0.25) is 4.79 Å². The molecule has 23 heavy (non-hydrogen) atoms. The van der Waals surface area contributed by atoms with Crippen LogP contribution in [0.2, 0.25) is 0 Å². The van der Waals surface area contributed by atoms with Gasteiger partial charge in [-0.2, -0.15) is 4.31 Å². The first kappa shape index (κ1) is 16.4. The molecule has 1 aliphatic heterocycles. The van der Waals surface area contributed by atoms with E-state index in [0.29, 0.717) is 44.2 Å². The quantitative estimate of drug-likeness (QED) is 0.831. The fourth-order valence-corrected chi connectivity index (χ4v) is 3.99. The van der Waals surface area contributed by atoms with Crippen LogP contribution in [0.25, 0.3) is 0 Å². The molecule has 2 aliphatic rings.